The summed E-state index contributed by atoms with van der Waals surface area (Å²) in [6, 6.07) is 0. The average Bonchev–Trinajstić information content (AvgIpc) is 1.81. The summed E-state index contributed by atoms with van der Waals surface area (Å²) in [4.78, 5) is 20.3. The fourth-order valence-corrected chi connectivity index (χ4v) is 0.504. The highest BCUT2D eigenvalue weighted by Crippen LogP contribution is 2.06. The maximum atomic E-state index is 10.4. The maximum absolute atomic E-state index is 10.4. The van der Waals surface area contributed by atoms with Crippen LogP contribution in [0.15, 0.2) is 0 Å². The third-order valence-corrected chi connectivity index (χ3v) is 1.15. The van der Waals surface area contributed by atoms with E-state index in [4.69, 9.17) is 5.73 Å². The van der Waals surface area contributed by atoms with Gasteiger partial charge >= 0.3 is 0 Å². The van der Waals surface area contributed by atoms with Crippen LogP contribution in [0.5, 0.6) is 0 Å². The third kappa shape index (κ3) is 5.44. The van der Waals surface area contributed by atoms with Crippen LogP contribution in [0.4, 0.5) is 0 Å². The van der Waals surface area contributed by atoms with Crippen LogP contribution < -0.4 is 5.73 Å². The topological polar surface area (TPSA) is 60.2 Å². The number of nitrogens with two attached hydrogens (primary N) is 1. The van der Waals surface area contributed by atoms with Crippen LogP contribution in [-0.4, -0.2) is 17.6 Å². The summed E-state index contributed by atoms with van der Waals surface area (Å²) in [6.07, 6.45) is 1.16. The van der Waals surface area contributed by atoms with Gasteiger partial charge in [0.05, 0.1) is 0 Å². The second kappa shape index (κ2) is 3.46. The van der Waals surface area contributed by atoms with Crippen molar-refractivity contribution in [2.45, 2.75) is 32.2 Å². The fourth-order valence-electron chi connectivity index (χ4n) is 0.504. The molecule has 0 bridgehead atoms. The number of aldehydes is 1. The van der Waals surface area contributed by atoms with Crippen LogP contribution >= 0.6 is 0 Å². The van der Waals surface area contributed by atoms with E-state index in [1.54, 1.807) is 0 Å². The van der Waals surface area contributed by atoms with Gasteiger partial charge in [-0.2, -0.15) is 0 Å². The molecule has 0 atom stereocenters. The Morgan fingerprint density at radius 2 is 2.10 bits per heavy atom. The molecule has 0 aliphatic heterocycles. The third-order valence-electron chi connectivity index (χ3n) is 1.15. The van der Waals surface area contributed by atoms with Crippen LogP contribution in [0.3, 0.4) is 0 Å². The Labute approximate surface area is 60.6 Å². The van der Waals surface area contributed by atoms with Gasteiger partial charge in [-0.05, 0) is 20.3 Å². The first-order valence-corrected chi connectivity index (χ1v) is 3.22. The number of hydrogen-bond donors (Lipinski definition) is 1. The molecule has 0 aliphatic rings. The molecule has 0 aliphatic carbocycles. The number of carbonyl (C=O) groups excluding carboxylic acids is 2. The van der Waals surface area contributed by atoms with Crippen molar-refractivity contribution in [1.82, 2.24) is 0 Å². The van der Waals surface area contributed by atoms with Crippen molar-refractivity contribution >= 4 is 12.1 Å². The molecular weight excluding hydrogens is 130 g/mol. The Hall–Kier alpha value is -0.700. The van der Waals surface area contributed by atoms with Gasteiger partial charge in [0.1, 0.15) is 0 Å². The Morgan fingerprint density at radius 3 is 2.40 bits per heavy atom. The SMILES string of the molecule is CC(C)(N)CCC(=O)C=O. The molecule has 0 aromatic heterocycles. The first kappa shape index (κ1) is 9.30. The molecule has 2 N–H and O–H groups in total. The minimum Gasteiger partial charge on any atom is -0.326 e. The van der Waals surface area contributed by atoms with Crippen LogP contribution in [0.25, 0.3) is 0 Å². The molecule has 58 valence electrons. The van der Waals surface area contributed by atoms with Gasteiger partial charge in [0.2, 0.25) is 0 Å². The molecule has 3 nitrogen and oxygen atoms in total. The molecular formula is C7H13NO2. The Bertz CT molecular complexity index is 135. The van der Waals surface area contributed by atoms with E-state index in [2.05, 4.69) is 0 Å². The zero-order valence-corrected chi connectivity index (χ0v) is 6.39. The normalized spacial score (nSPS) is 11.1. The Kier molecular flexibility index (Phi) is 3.22. The van der Waals surface area contributed by atoms with E-state index in [-0.39, 0.29) is 17.7 Å². The van der Waals surface area contributed by atoms with Crippen LogP contribution in [-0.2, 0) is 9.59 Å². The van der Waals surface area contributed by atoms with E-state index in [0.29, 0.717) is 12.7 Å². The Balaban J connectivity index is 3.55. The molecule has 0 radical (unpaired) electrons. The minimum absolute atomic E-state index is 0.257. The molecule has 10 heavy (non-hydrogen) atoms. The highest BCUT2D eigenvalue weighted by molar-refractivity contribution is 6.24. The van der Waals surface area contributed by atoms with Crippen molar-refractivity contribution in [2.24, 2.45) is 5.73 Å². The molecule has 0 saturated heterocycles. The van der Waals surface area contributed by atoms with Crippen molar-refractivity contribution in [2.75, 3.05) is 0 Å². The predicted octanol–water partition coefficient (Wildman–Crippen LogP) is 0.272. The first-order valence-electron chi connectivity index (χ1n) is 3.22. The zero-order valence-electron chi connectivity index (χ0n) is 6.39. The molecule has 0 rings (SSSR count). The lowest BCUT2D eigenvalue weighted by molar-refractivity contribution is -0.130. The average molecular weight is 143 g/mol. The number of hydrogen-bond acceptors (Lipinski definition) is 3. The van der Waals surface area contributed by atoms with Crippen molar-refractivity contribution in [3.63, 3.8) is 0 Å². The van der Waals surface area contributed by atoms with Gasteiger partial charge < -0.3 is 5.73 Å². The molecule has 3 heteroatoms. The number of rotatable bonds is 4. The van der Waals surface area contributed by atoms with Gasteiger partial charge in [-0.25, -0.2) is 0 Å². The van der Waals surface area contributed by atoms with Crippen LogP contribution in [0.2, 0.25) is 0 Å². The quantitative estimate of drug-likeness (QED) is 0.454. The fraction of sp³-hybridized carbons (Fsp3) is 0.714. The van der Waals surface area contributed by atoms with Gasteiger partial charge in [0.15, 0.2) is 12.1 Å². The lowest BCUT2D eigenvalue weighted by Gasteiger charge is -2.16. The summed E-state index contributed by atoms with van der Waals surface area (Å²) < 4.78 is 0. The van der Waals surface area contributed by atoms with Crippen LogP contribution in [0, 0.1) is 0 Å². The van der Waals surface area contributed by atoms with E-state index < -0.39 is 0 Å². The van der Waals surface area contributed by atoms with Gasteiger partial charge in [-0.1, -0.05) is 0 Å². The minimum atomic E-state index is -0.376. The highest BCUT2D eigenvalue weighted by atomic mass is 16.2. The second-order valence-electron chi connectivity index (χ2n) is 3.07. The summed E-state index contributed by atoms with van der Waals surface area (Å²) in [5.74, 6) is -0.376. The van der Waals surface area contributed by atoms with Crippen LogP contribution in [0.1, 0.15) is 26.7 Å². The molecule has 0 saturated carbocycles. The van der Waals surface area contributed by atoms with Gasteiger partial charge in [0.25, 0.3) is 0 Å². The van der Waals surface area contributed by atoms with E-state index in [1.165, 1.54) is 0 Å². The molecule has 0 aromatic carbocycles. The zero-order chi connectivity index (χ0) is 8.20. The number of ketones is 1. The summed E-state index contributed by atoms with van der Waals surface area (Å²) in [6.45, 7) is 3.65. The van der Waals surface area contributed by atoms with E-state index in [9.17, 15) is 9.59 Å². The van der Waals surface area contributed by atoms with E-state index >= 15 is 0 Å². The Morgan fingerprint density at radius 1 is 1.60 bits per heavy atom. The lowest BCUT2D eigenvalue weighted by Crippen LogP contribution is -2.32. The maximum Gasteiger partial charge on any atom is 0.195 e. The van der Waals surface area contributed by atoms with Crippen molar-refractivity contribution < 1.29 is 9.59 Å². The molecule has 0 spiro atoms. The highest BCUT2D eigenvalue weighted by Gasteiger charge is 2.12. The van der Waals surface area contributed by atoms with E-state index in [1.807, 2.05) is 13.8 Å². The monoisotopic (exact) mass is 143 g/mol. The van der Waals surface area contributed by atoms with Crippen molar-refractivity contribution in [3.05, 3.63) is 0 Å². The number of carbonyl (C=O) groups is 2. The van der Waals surface area contributed by atoms with Gasteiger partial charge in [-0.15, -0.1) is 0 Å². The smallest absolute Gasteiger partial charge is 0.195 e. The number of Topliss-reactive ketones (excluding diaryl/α,β-unsaturated/α-hetero) is 1. The lowest BCUT2D eigenvalue weighted by atomic mass is 9.99. The van der Waals surface area contributed by atoms with Gasteiger partial charge in [-0.3, -0.25) is 9.59 Å². The molecule has 0 unspecified atom stereocenters. The summed E-state index contributed by atoms with van der Waals surface area (Å²) in [5.41, 5.74) is 5.22. The molecule has 0 amide bonds. The van der Waals surface area contributed by atoms with Crippen molar-refractivity contribution in [1.29, 1.82) is 0 Å². The summed E-state index contributed by atoms with van der Waals surface area (Å²) in [7, 11) is 0. The van der Waals surface area contributed by atoms with Gasteiger partial charge in [0, 0.05) is 12.0 Å². The molecule has 0 aromatic rings. The standard InChI is InChI=1S/C7H13NO2/c1-7(2,8)4-3-6(10)5-9/h5H,3-4,8H2,1-2H3. The first-order chi connectivity index (χ1) is 4.45. The largest absolute Gasteiger partial charge is 0.326 e. The van der Waals surface area contributed by atoms with E-state index in [0.717, 1.165) is 0 Å². The second-order valence-corrected chi connectivity index (χ2v) is 3.07. The molecule has 0 fully saturated rings. The van der Waals surface area contributed by atoms with Crippen molar-refractivity contribution in [3.8, 4) is 0 Å². The summed E-state index contributed by atoms with van der Waals surface area (Å²) in [5, 5.41) is 0. The predicted molar refractivity (Wildman–Crippen MR) is 38.6 cm³/mol. The molecule has 0 heterocycles. The summed E-state index contributed by atoms with van der Waals surface area (Å²) >= 11 is 0.